The van der Waals surface area contributed by atoms with Crippen LogP contribution in [-0.4, -0.2) is 37.2 Å². The van der Waals surface area contributed by atoms with Gasteiger partial charge in [0, 0.05) is 19.3 Å². The summed E-state index contributed by atoms with van der Waals surface area (Å²) in [4.78, 5) is 37.9. The summed E-state index contributed by atoms with van der Waals surface area (Å²) in [7, 11) is 0. The molecule has 1 atom stereocenters. The number of carbonyl (C=O) groups excluding carboxylic acids is 3. The van der Waals surface area contributed by atoms with Crippen molar-refractivity contribution >= 4 is 17.9 Å². The van der Waals surface area contributed by atoms with E-state index in [1.807, 2.05) is 0 Å². The maximum Gasteiger partial charge on any atom is 0.306 e. The van der Waals surface area contributed by atoms with Gasteiger partial charge in [-0.1, -0.05) is 209 Å². The fourth-order valence-electron chi connectivity index (χ4n) is 7.05. The largest absolute Gasteiger partial charge is 0.462 e. The molecule has 62 heavy (non-hydrogen) atoms. The molecular formula is C56H96O6. The van der Waals surface area contributed by atoms with Gasteiger partial charge in [-0.05, 0) is 89.9 Å². The van der Waals surface area contributed by atoms with Crippen molar-refractivity contribution in [2.75, 3.05) is 13.2 Å². The topological polar surface area (TPSA) is 78.9 Å². The zero-order valence-electron chi connectivity index (χ0n) is 40.6. The van der Waals surface area contributed by atoms with Crippen molar-refractivity contribution in [3.63, 3.8) is 0 Å². The molecule has 0 radical (unpaired) electrons. The van der Waals surface area contributed by atoms with Crippen LogP contribution in [0.3, 0.4) is 0 Å². The van der Waals surface area contributed by atoms with Crippen molar-refractivity contribution in [1.29, 1.82) is 0 Å². The van der Waals surface area contributed by atoms with Crippen LogP contribution in [0.1, 0.15) is 245 Å². The molecule has 0 rings (SSSR count). The molecule has 0 saturated heterocycles. The quantitative estimate of drug-likeness (QED) is 0.0262. The maximum atomic E-state index is 12.8. The zero-order valence-corrected chi connectivity index (χ0v) is 40.6. The summed E-state index contributed by atoms with van der Waals surface area (Å²) < 4.78 is 16.7. The van der Waals surface area contributed by atoms with Gasteiger partial charge < -0.3 is 14.2 Å². The lowest BCUT2D eigenvalue weighted by molar-refractivity contribution is -0.167. The molecule has 0 aromatic heterocycles. The Morgan fingerprint density at radius 2 is 0.629 bits per heavy atom. The van der Waals surface area contributed by atoms with E-state index < -0.39 is 6.10 Å². The maximum absolute atomic E-state index is 12.8. The lowest BCUT2D eigenvalue weighted by Gasteiger charge is -2.18. The van der Waals surface area contributed by atoms with Crippen molar-refractivity contribution in [2.24, 2.45) is 0 Å². The first-order valence-electron chi connectivity index (χ1n) is 25.9. The molecule has 0 amide bonds. The van der Waals surface area contributed by atoms with Crippen LogP contribution in [0, 0.1) is 0 Å². The van der Waals surface area contributed by atoms with E-state index in [1.54, 1.807) is 0 Å². The number of hydrogen-bond acceptors (Lipinski definition) is 6. The second-order valence-electron chi connectivity index (χ2n) is 17.1. The van der Waals surface area contributed by atoms with Gasteiger partial charge in [-0.3, -0.25) is 14.4 Å². The second kappa shape index (κ2) is 50.5. The number of ether oxygens (including phenoxy) is 3. The average Bonchev–Trinajstić information content (AvgIpc) is 3.27. The Morgan fingerprint density at radius 3 is 1.05 bits per heavy atom. The second-order valence-corrected chi connectivity index (χ2v) is 17.1. The van der Waals surface area contributed by atoms with E-state index >= 15 is 0 Å². The highest BCUT2D eigenvalue weighted by Gasteiger charge is 2.19. The van der Waals surface area contributed by atoms with E-state index in [1.165, 1.54) is 116 Å². The van der Waals surface area contributed by atoms with Crippen LogP contribution in [0.2, 0.25) is 0 Å². The summed E-state index contributed by atoms with van der Waals surface area (Å²) in [5.74, 6) is -0.938. The fraction of sp³-hybridized carbons (Fsp3) is 0.732. The van der Waals surface area contributed by atoms with Gasteiger partial charge in [0.1, 0.15) is 13.2 Å². The Labute approximate surface area is 382 Å². The molecule has 0 N–H and O–H groups in total. The molecule has 6 nitrogen and oxygen atoms in total. The highest BCUT2D eigenvalue weighted by molar-refractivity contribution is 5.71. The number of carbonyl (C=O) groups is 3. The lowest BCUT2D eigenvalue weighted by Crippen LogP contribution is -2.30. The van der Waals surface area contributed by atoms with E-state index in [4.69, 9.17) is 14.2 Å². The van der Waals surface area contributed by atoms with Crippen molar-refractivity contribution in [2.45, 2.75) is 252 Å². The molecule has 0 aromatic carbocycles. The Kier molecular flexibility index (Phi) is 47.9. The van der Waals surface area contributed by atoms with Gasteiger partial charge in [-0.25, -0.2) is 0 Å². The van der Waals surface area contributed by atoms with Crippen LogP contribution in [0.25, 0.3) is 0 Å². The Hall–Kier alpha value is -3.15. The summed E-state index contributed by atoms with van der Waals surface area (Å²) in [5.41, 5.74) is 0. The molecule has 1 unspecified atom stereocenters. The van der Waals surface area contributed by atoms with Gasteiger partial charge in [-0.15, -0.1) is 0 Å². The number of allylic oxidation sites excluding steroid dienone is 12. The van der Waals surface area contributed by atoms with Crippen molar-refractivity contribution in [3.05, 3.63) is 72.9 Å². The van der Waals surface area contributed by atoms with Crippen LogP contribution >= 0.6 is 0 Å². The highest BCUT2D eigenvalue weighted by atomic mass is 16.6. The molecule has 0 bridgehead atoms. The number of esters is 3. The molecule has 0 spiro atoms. The summed E-state index contributed by atoms with van der Waals surface area (Å²) in [6.07, 6.45) is 63.2. The zero-order chi connectivity index (χ0) is 45.1. The standard InChI is InChI=1S/C56H96O6/c1-4-7-10-13-16-19-22-24-26-27-28-29-31-32-34-37-40-43-46-49-55(58)61-52-53(51-60-54(57)48-45-42-39-36-21-18-15-12-9-6-3)62-56(59)50-47-44-41-38-35-33-30-25-23-20-17-14-11-8-5-2/h8,11,16-17,19-20,24-26,30,35,38,53H,4-7,9-10,12-15,18,21-23,27-29,31-34,36-37,39-52H2,1-3H3/b11-8-,19-16-,20-17-,26-24-,30-25-,38-35-. The van der Waals surface area contributed by atoms with Gasteiger partial charge in [0.15, 0.2) is 6.10 Å². The molecule has 356 valence electrons. The van der Waals surface area contributed by atoms with E-state index in [0.717, 1.165) is 83.5 Å². The summed E-state index contributed by atoms with van der Waals surface area (Å²) in [5, 5.41) is 0. The number of rotatable bonds is 46. The first kappa shape index (κ1) is 58.9. The van der Waals surface area contributed by atoms with Crippen molar-refractivity contribution < 1.29 is 28.6 Å². The monoisotopic (exact) mass is 865 g/mol. The molecule has 0 aromatic rings. The van der Waals surface area contributed by atoms with Crippen molar-refractivity contribution in [3.8, 4) is 0 Å². The Morgan fingerprint density at radius 1 is 0.339 bits per heavy atom. The first-order chi connectivity index (χ1) is 30.5. The van der Waals surface area contributed by atoms with Crippen LogP contribution in [0.15, 0.2) is 72.9 Å². The molecule has 0 fully saturated rings. The predicted molar refractivity (Wildman–Crippen MR) is 265 cm³/mol. The van der Waals surface area contributed by atoms with Crippen LogP contribution < -0.4 is 0 Å². The molecule has 0 aliphatic rings. The lowest BCUT2D eigenvalue weighted by atomic mass is 10.1. The third-order valence-electron chi connectivity index (χ3n) is 10.9. The van der Waals surface area contributed by atoms with E-state index in [-0.39, 0.29) is 37.5 Å². The van der Waals surface area contributed by atoms with Gasteiger partial charge in [0.05, 0.1) is 0 Å². The SMILES string of the molecule is CC/C=C\C/C=C\C/C=C\C/C=C\CCCCC(=O)OC(COC(=O)CCCCCCCCCCCC)COC(=O)CCCCCCCCCCC/C=C\C/C=C\CCCCC. The van der Waals surface area contributed by atoms with Crippen molar-refractivity contribution in [1.82, 2.24) is 0 Å². The smallest absolute Gasteiger partial charge is 0.306 e. The number of unbranched alkanes of at least 4 members (excludes halogenated alkanes) is 23. The van der Waals surface area contributed by atoms with Crippen LogP contribution in [0.5, 0.6) is 0 Å². The van der Waals surface area contributed by atoms with Gasteiger partial charge in [-0.2, -0.15) is 0 Å². The third kappa shape index (κ3) is 47.9. The van der Waals surface area contributed by atoms with Crippen LogP contribution in [-0.2, 0) is 28.6 Å². The predicted octanol–water partition coefficient (Wildman–Crippen LogP) is 17.0. The van der Waals surface area contributed by atoms with E-state index in [9.17, 15) is 14.4 Å². The third-order valence-corrected chi connectivity index (χ3v) is 10.9. The minimum absolute atomic E-state index is 0.0921. The highest BCUT2D eigenvalue weighted by Crippen LogP contribution is 2.14. The minimum Gasteiger partial charge on any atom is -0.462 e. The minimum atomic E-state index is -0.796. The first-order valence-corrected chi connectivity index (χ1v) is 25.9. The van der Waals surface area contributed by atoms with E-state index in [0.29, 0.717) is 19.3 Å². The van der Waals surface area contributed by atoms with Crippen LogP contribution in [0.4, 0.5) is 0 Å². The van der Waals surface area contributed by atoms with E-state index in [2.05, 4.69) is 93.7 Å². The average molecular weight is 865 g/mol. The van der Waals surface area contributed by atoms with Gasteiger partial charge >= 0.3 is 17.9 Å². The Balaban J connectivity index is 4.39. The van der Waals surface area contributed by atoms with Gasteiger partial charge in [0.2, 0.25) is 0 Å². The Bertz CT molecular complexity index is 1180. The number of hydrogen-bond donors (Lipinski definition) is 0. The summed E-state index contributed by atoms with van der Waals surface area (Å²) in [6, 6.07) is 0. The molecule has 0 aliphatic carbocycles. The molecule has 6 heteroatoms. The molecule has 0 saturated carbocycles. The summed E-state index contributed by atoms with van der Waals surface area (Å²) in [6.45, 7) is 6.45. The normalized spacial score (nSPS) is 12.6. The molecule has 0 heterocycles. The molecular weight excluding hydrogens is 769 g/mol. The van der Waals surface area contributed by atoms with Gasteiger partial charge in [0.25, 0.3) is 0 Å². The molecule has 0 aliphatic heterocycles. The fourth-order valence-corrected chi connectivity index (χ4v) is 7.05. The summed E-state index contributed by atoms with van der Waals surface area (Å²) >= 11 is 0.